The number of rotatable bonds is 3. The van der Waals surface area contributed by atoms with E-state index in [4.69, 9.17) is 0 Å². The molecule has 98 valence electrons. The second-order valence-corrected chi connectivity index (χ2v) is 4.70. The van der Waals surface area contributed by atoms with Crippen LogP contribution in [0.4, 0.5) is 0 Å². The number of likely N-dealkylation sites (tertiary alicyclic amines) is 1. The van der Waals surface area contributed by atoms with Crippen molar-refractivity contribution in [1.29, 1.82) is 0 Å². The molecule has 1 heterocycles. The third-order valence-electron chi connectivity index (χ3n) is 3.37. The molecule has 0 aromatic heterocycles. The molecular formula is C13H18N2O3. The quantitative estimate of drug-likeness (QED) is 0.747. The highest BCUT2D eigenvalue weighted by atomic mass is 16.3. The molecule has 0 radical (unpaired) electrons. The monoisotopic (exact) mass is 250 g/mol. The van der Waals surface area contributed by atoms with Gasteiger partial charge < -0.3 is 15.1 Å². The van der Waals surface area contributed by atoms with Gasteiger partial charge in [-0.1, -0.05) is 6.07 Å². The van der Waals surface area contributed by atoms with E-state index in [0.29, 0.717) is 5.56 Å². The van der Waals surface area contributed by atoms with Gasteiger partial charge in [-0.25, -0.2) is 0 Å². The molecule has 0 aliphatic carbocycles. The number of benzene rings is 1. The van der Waals surface area contributed by atoms with Gasteiger partial charge in [0, 0.05) is 19.6 Å². The number of carbonyl (C=O) groups excluding carboxylic acids is 1. The molecule has 1 fully saturated rings. The maximum Gasteiger partial charge on any atom is 0.239 e. The van der Waals surface area contributed by atoms with Crippen LogP contribution in [0.1, 0.15) is 24.9 Å². The Morgan fingerprint density at radius 1 is 1.39 bits per heavy atom. The molecule has 1 aliphatic rings. The van der Waals surface area contributed by atoms with Gasteiger partial charge >= 0.3 is 0 Å². The number of amides is 1. The van der Waals surface area contributed by atoms with Gasteiger partial charge in [0.25, 0.3) is 0 Å². The molecule has 1 saturated heterocycles. The van der Waals surface area contributed by atoms with E-state index in [-0.39, 0.29) is 29.5 Å². The van der Waals surface area contributed by atoms with Crippen LogP contribution in [0.2, 0.25) is 0 Å². The molecule has 0 bridgehead atoms. The van der Waals surface area contributed by atoms with E-state index in [0.717, 1.165) is 13.0 Å². The lowest BCUT2D eigenvalue weighted by Crippen LogP contribution is -2.38. The normalized spacial score (nSPS) is 21.3. The fraction of sp³-hybridized carbons (Fsp3) is 0.462. The van der Waals surface area contributed by atoms with E-state index >= 15 is 0 Å². The van der Waals surface area contributed by atoms with Gasteiger partial charge in [0.1, 0.15) is 11.5 Å². The van der Waals surface area contributed by atoms with Gasteiger partial charge in [0.15, 0.2) is 0 Å². The Bertz CT molecular complexity index is 441. The van der Waals surface area contributed by atoms with Crippen LogP contribution in [-0.2, 0) is 4.79 Å². The summed E-state index contributed by atoms with van der Waals surface area (Å²) in [6.45, 7) is 2.55. The number of phenols is 2. The van der Waals surface area contributed by atoms with Crippen molar-refractivity contribution in [3.63, 3.8) is 0 Å². The van der Waals surface area contributed by atoms with Crippen molar-refractivity contribution in [2.45, 2.75) is 25.4 Å². The standard InChI is InChI=1S/C13H18N2O3/c1-8(12-10(16)4-3-5-11(12)17)14-9-6-7-15(2)13(9)18/h3-5,8-9,14,16-17H,6-7H2,1-2H3. The lowest BCUT2D eigenvalue weighted by atomic mass is 10.0. The zero-order valence-electron chi connectivity index (χ0n) is 10.6. The Morgan fingerprint density at radius 2 is 2.00 bits per heavy atom. The molecule has 1 aromatic rings. The zero-order valence-corrected chi connectivity index (χ0v) is 10.6. The number of aromatic hydroxyl groups is 2. The minimum absolute atomic E-state index is 0.0359. The smallest absolute Gasteiger partial charge is 0.239 e. The number of hydrogen-bond donors (Lipinski definition) is 3. The summed E-state index contributed by atoms with van der Waals surface area (Å²) in [5, 5.41) is 22.7. The average molecular weight is 250 g/mol. The molecular weight excluding hydrogens is 232 g/mol. The molecule has 3 N–H and O–H groups in total. The number of carbonyl (C=O) groups is 1. The third-order valence-corrected chi connectivity index (χ3v) is 3.37. The molecule has 2 atom stereocenters. The zero-order chi connectivity index (χ0) is 13.3. The van der Waals surface area contributed by atoms with E-state index in [9.17, 15) is 15.0 Å². The first-order chi connectivity index (χ1) is 8.50. The van der Waals surface area contributed by atoms with Gasteiger partial charge in [-0.2, -0.15) is 0 Å². The van der Waals surface area contributed by atoms with Crippen LogP contribution in [0.15, 0.2) is 18.2 Å². The maximum absolute atomic E-state index is 11.8. The Balaban J connectivity index is 2.13. The summed E-state index contributed by atoms with van der Waals surface area (Å²) in [6.07, 6.45) is 0.744. The fourth-order valence-electron chi connectivity index (χ4n) is 2.35. The Kier molecular flexibility index (Phi) is 3.43. The highest BCUT2D eigenvalue weighted by Crippen LogP contribution is 2.32. The molecule has 0 saturated carbocycles. The Labute approximate surface area is 106 Å². The molecule has 5 heteroatoms. The number of nitrogens with one attached hydrogen (secondary N) is 1. The minimum Gasteiger partial charge on any atom is -0.507 e. The molecule has 5 nitrogen and oxygen atoms in total. The molecule has 1 amide bonds. The van der Waals surface area contributed by atoms with Gasteiger partial charge in [-0.3, -0.25) is 10.1 Å². The van der Waals surface area contributed by atoms with Crippen LogP contribution in [0, 0.1) is 0 Å². The van der Waals surface area contributed by atoms with Crippen LogP contribution in [0.25, 0.3) is 0 Å². The van der Waals surface area contributed by atoms with Crippen molar-refractivity contribution in [1.82, 2.24) is 10.2 Å². The van der Waals surface area contributed by atoms with Gasteiger partial charge in [-0.05, 0) is 25.5 Å². The Hall–Kier alpha value is -1.75. The van der Waals surface area contributed by atoms with E-state index < -0.39 is 0 Å². The second kappa shape index (κ2) is 4.86. The van der Waals surface area contributed by atoms with Crippen molar-refractivity contribution in [3.05, 3.63) is 23.8 Å². The van der Waals surface area contributed by atoms with Crippen molar-refractivity contribution >= 4 is 5.91 Å². The van der Waals surface area contributed by atoms with Crippen molar-refractivity contribution in [3.8, 4) is 11.5 Å². The number of hydrogen-bond acceptors (Lipinski definition) is 4. The first-order valence-corrected chi connectivity index (χ1v) is 6.02. The van der Waals surface area contributed by atoms with Crippen LogP contribution < -0.4 is 5.32 Å². The lowest BCUT2D eigenvalue weighted by Gasteiger charge is -2.20. The maximum atomic E-state index is 11.8. The molecule has 0 spiro atoms. The van der Waals surface area contributed by atoms with Gasteiger partial charge in [-0.15, -0.1) is 0 Å². The molecule has 2 unspecified atom stereocenters. The van der Waals surface area contributed by atoms with Crippen LogP contribution in [-0.4, -0.2) is 40.7 Å². The van der Waals surface area contributed by atoms with Crippen molar-refractivity contribution < 1.29 is 15.0 Å². The third kappa shape index (κ3) is 2.26. The van der Waals surface area contributed by atoms with E-state index in [1.54, 1.807) is 18.0 Å². The first kappa shape index (κ1) is 12.7. The fourth-order valence-corrected chi connectivity index (χ4v) is 2.35. The second-order valence-electron chi connectivity index (χ2n) is 4.70. The molecule has 1 aromatic carbocycles. The molecule has 2 rings (SSSR count). The van der Waals surface area contributed by atoms with Crippen molar-refractivity contribution in [2.75, 3.05) is 13.6 Å². The van der Waals surface area contributed by atoms with Crippen LogP contribution in [0.3, 0.4) is 0 Å². The van der Waals surface area contributed by atoms with E-state index in [1.807, 2.05) is 6.92 Å². The lowest BCUT2D eigenvalue weighted by molar-refractivity contribution is -0.128. The highest BCUT2D eigenvalue weighted by Gasteiger charge is 2.30. The molecule has 1 aliphatic heterocycles. The largest absolute Gasteiger partial charge is 0.507 e. The summed E-state index contributed by atoms with van der Waals surface area (Å²) < 4.78 is 0. The topological polar surface area (TPSA) is 72.8 Å². The summed E-state index contributed by atoms with van der Waals surface area (Å²) >= 11 is 0. The number of likely N-dealkylation sites (N-methyl/N-ethyl adjacent to an activating group) is 1. The number of nitrogens with zero attached hydrogens (tertiary/aromatic N) is 1. The average Bonchev–Trinajstić information content (AvgIpc) is 2.61. The van der Waals surface area contributed by atoms with Crippen LogP contribution >= 0.6 is 0 Å². The molecule has 18 heavy (non-hydrogen) atoms. The van der Waals surface area contributed by atoms with E-state index in [1.165, 1.54) is 12.1 Å². The van der Waals surface area contributed by atoms with Gasteiger partial charge in [0.05, 0.1) is 11.6 Å². The van der Waals surface area contributed by atoms with Crippen molar-refractivity contribution in [2.24, 2.45) is 0 Å². The summed E-state index contributed by atoms with van der Waals surface area (Å²) in [7, 11) is 1.77. The SMILES string of the molecule is CC(NC1CCN(C)C1=O)c1c(O)cccc1O. The van der Waals surface area contributed by atoms with Crippen LogP contribution in [0.5, 0.6) is 11.5 Å². The number of phenolic OH excluding ortho intramolecular Hbond substituents is 2. The van der Waals surface area contributed by atoms with Gasteiger partial charge in [0.2, 0.25) is 5.91 Å². The summed E-state index contributed by atoms with van der Waals surface area (Å²) in [6, 6.07) is 4.09. The highest BCUT2D eigenvalue weighted by molar-refractivity contribution is 5.83. The first-order valence-electron chi connectivity index (χ1n) is 6.02. The minimum atomic E-state index is -0.286. The van der Waals surface area contributed by atoms with E-state index in [2.05, 4.69) is 5.32 Å². The summed E-state index contributed by atoms with van der Waals surface area (Å²) in [5.41, 5.74) is 0.430. The summed E-state index contributed by atoms with van der Waals surface area (Å²) in [5.74, 6) is 0.124. The Morgan fingerprint density at radius 3 is 2.50 bits per heavy atom. The predicted molar refractivity (Wildman–Crippen MR) is 67.4 cm³/mol. The predicted octanol–water partition coefficient (Wildman–Crippen LogP) is 0.979. The summed E-state index contributed by atoms with van der Waals surface area (Å²) in [4.78, 5) is 13.5.